The Morgan fingerprint density at radius 3 is 2.44 bits per heavy atom. The average molecular weight is 374 g/mol. The molecule has 0 amide bonds. The van der Waals surface area contributed by atoms with E-state index in [0.29, 0.717) is 5.70 Å². The summed E-state index contributed by atoms with van der Waals surface area (Å²) < 4.78 is 24.8. The predicted molar refractivity (Wildman–Crippen MR) is 102 cm³/mol. The SMILES string of the molecule is CC1=Nc2ccccc2S/C1=C(/C)NNS(=O)(=O)c1ccc(C)cc1. The molecule has 0 bridgehead atoms. The molecule has 130 valence electrons. The van der Waals surface area contributed by atoms with Crippen LogP contribution in [0.4, 0.5) is 5.69 Å². The number of allylic oxidation sites excluding steroid dienone is 2. The smallest absolute Gasteiger partial charge is 0.257 e. The Morgan fingerprint density at radius 2 is 1.72 bits per heavy atom. The van der Waals surface area contributed by atoms with Crippen molar-refractivity contribution in [1.29, 1.82) is 0 Å². The Balaban J connectivity index is 1.79. The molecule has 0 radical (unpaired) electrons. The van der Waals surface area contributed by atoms with Crippen molar-refractivity contribution in [2.75, 3.05) is 0 Å². The van der Waals surface area contributed by atoms with Gasteiger partial charge in [-0.05, 0) is 45.0 Å². The molecule has 0 aliphatic carbocycles. The lowest BCUT2D eigenvalue weighted by atomic mass is 10.2. The van der Waals surface area contributed by atoms with Crippen LogP contribution in [0.2, 0.25) is 0 Å². The average Bonchev–Trinajstić information content (AvgIpc) is 2.59. The van der Waals surface area contributed by atoms with E-state index in [2.05, 4.69) is 15.2 Å². The fourth-order valence-electron chi connectivity index (χ4n) is 2.38. The number of benzene rings is 2. The van der Waals surface area contributed by atoms with Gasteiger partial charge in [-0.1, -0.05) is 41.6 Å². The lowest BCUT2D eigenvalue weighted by molar-refractivity contribution is 0.570. The van der Waals surface area contributed by atoms with E-state index in [1.54, 1.807) is 36.0 Å². The maximum atomic E-state index is 12.4. The molecule has 0 saturated heterocycles. The Kier molecular flexibility index (Phi) is 4.99. The van der Waals surface area contributed by atoms with Gasteiger partial charge in [0.2, 0.25) is 0 Å². The van der Waals surface area contributed by atoms with Gasteiger partial charge in [-0.2, -0.15) is 0 Å². The van der Waals surface area contributed by atoms with Crippen molar-refractivity contribution in [3.8, 4) is 0 Å². The molecule has 5 nitrogen and oxygen atoms in total. The number of aliphatic imine (C=N–C) groups is 1. The van der Waals surface area contributed by atoms with Crippen molar-refractivity contribution in [3.63, 3.8) is 0 Å². The first kappa shape index (κ1) is 17.7. The van der Waals surface area contributed by atoms with Crippen molar-refractivity contribution >= 4 is 33.2 Å². The van der Waals surface area contributed by atoms with Crippen molar-refractivity contribution in [1.82, 2.24) is 10.3 Å². The quantitative estimate of drug-likeness (QED) is 0.797. The minimum absolute atomic E-state index is 0.218. The van der Waals surface area contributed by atoms with Gasteiger partial charge in [0.15, 0.2) is 0 Å². The molecule has 0 aromatic heterocycles. The summed E-state index contributed by atoms with van der Waals surface area (Å²) in [4.78, 5) is 9.19. The van der Waals surface area contributed by atoms with Crippen LogP contribution in [0.25, 0.3) is 0 Å². The third-order valence-corrected chi connectivity index (χ3v) is 6.37. The molecular weight excluding hydrogens is 354 g/mol. The third kappa shape index (κ3) is 3.95. The number of hydrogen-bond donors (Lipinski definition) is 2. The number of nitrogens with one attached hydrogen (secondary N) is 2. The molecule has 1 heterocycles. The molecule has 2 N–H and O–H groups in total. The second kappa shape index (κ2) is 7.03. The van der Waals surface area contributed by atoms with E-state index in [1.807, 2.05) is 45.0 Å². The van der Waals surface area contributed by atoms with Gasteiger partial charge in [-0.3, -0.25) is 4.99 Å². The first-order valence-electron chi connectivity index (χ1n) is 7.75. The summed E-state index contributed by atoms with van der Waals surface area (Å²) in [6, 6.07) is 14.6. The minimum atomic E-state index is -3.63. The third-order valence-electron chi connectivity index (χ3n) is 3.74. The zero-order chi connectivity index (χ0) is 18.0. The fourth-order valence-corrected chi connectivity index (χ4v) is 4.26. The number of sulfonamides is 1. The van der Waals surface area contributed by atoms with Crippen LogP contribution in [0.5, 0.6) is 0 Å². The maximum absolute atomic E-state index is 12.4. The summed E-state index contributed by atoms with van der Waals surface area (Å²) in [5.74, 6) is 0. The van der Waals surface area contributed by atoms with Crippen LogP contribution >= 0.6 is 11.8 Å². The van der Waals surface area contributed by atoms with Crippen molar-refractivity contribution < 1.29 is 8.42 Å². The highest BCUT2D eigenvalue weighted by Crippen LogP contribution is 2.40. The van der Waals surface area contributed by atoms with Crippen molar-refractivity contribution in [3.05, 3.63) is 64.7 Å². The molecule has 7 heteroatoms. The summed E-state index contributed by atoms with van der Waals surface area (Å²) in [7, 11) is -3.63. The Bertz CT molecular complexity index is 962. The Labute approximate surface area is 152 Å². The van der Waals surface area contributed by atoms with E-state index < -0.39 is 10.0 Å². The minimum Gasteiger partial charge on any atom is -0.311 e. The first-order chi connectivity index (χ1) is 11.9. The van der Waals surface area contributed by atoms with E-state index in [4.69, 9.17) is 0 Å². The number of hydrogen-bond acceptors (Lipinski definition) is 5. The number of fused-ring (bicyclic) bond motifs is 1. The van der Waals surface area contributed by atoms with Crippen LogP contribution in [0.15, 0.2) is 73.9 Å². The molecule has 0 spiro atoms. The van der Waals surface area contributed by atoms with Gasteiger partial charge >= 0.3 is 0 Å². The van der Waals surface area contributed by atoms with E-state index in [-0.39, 0.29) is 4.90 Å². The molecule has 0 fully saturated rings. The van der Waals surface area contributed by atoms with Crippen LogP contribution in [0.1, 0.15) is 19.4 Å². The second-order valence-electron chi connectivity index (χ2n) is 5.76. The molecule has 0 saturated carbocycles. The van der Waals surface area contributed by atoms with E-state index in [0.717, 1.165) is 26.8 Å². The van der Waals surface area contributed by atoms with Crippen LogP contribution < -0.4 is 10.3 Å². The lowest BCUT2D eigenvalue weighted by Gasteiger charge is -2.19. The largest absolute Gasteiger partial charge is 0.311 e. The Hall–Kier alpha value is -2.09. The number of hydrazine groups is 1. The second-order valence-corrected chi connectivity index (χ2v) is 8.50. The van der Waals surface area contributed by atoms with Gasteiger partial charge in [-0.15, -0.1) is 4.83 Å². The molecule has 2 aromatic rings. The summed E-state index contributed by atoms with van der Waals surface area (Å²) in [6.07, 6.45) is 0. The maximum Gasteiger partial charge on any atom is 0.257 e. The summed E-state index contributed by atoms with van der Waals surface area (Å²) in [5.41, 5.74) is 6.30. The van der Waals surface area contributed by atoms with E-state index in [9.17, 15) is 8.42 Å². The summed E-state index contributed by atoms with van der Waals surface area (Å²) in [5, 5.41) is 0. The molecule has 3 rings (SSSR count). The lowest BCUT2D eigenvalue weighted by Crippen LogP contribution is -2.36. The standard InChI is InChI=1S/C18H19N3O2S2/c1-12-8-10-15(11-9-12)25(22,23)21-20-14(3)18-13(2)19-16-6-4-5-7-17(16)24-18/h4-11,20-21H,1-3H3/b18-14-. The molecule has 0 unspecified atom stereocenters. The van der Waals surface area contributed by atoms with E-state index in [1.165, 1.54) is 0 Å². The molecule has 1 aliphatic rings. The zero-order valence-electron chi connectivity index (χ0n) is 14.2. The van der Waals surface area contributed by atoms with Gasteiger partial charge in [0, 0.05) is 10.6 Å². The molecule has 2 aromatic carbocycles. The number of para-hydroxylation sites is 1. The summed E-state index contributed by atoms with van der Waals surface area (Å²) >= 11 is 1.57. The molecular formula is C18H19N3O2S2. The fraction of sp³-hybridized carbons (Fsp3) is 0.167. The van der Waals surface area contributed by atoms with Gasteiger partial charge < -0.3 is 5.43 Å². The van der Waals surface area contributed by atoms with Crippen LogP contribution in [0.3, 0.4) is 0 Å². The van der Waals surface area contributed by atoms with Crippen LogP contribution in [-0.2, 0) is 10.0 Å². The van der Waals surface area contributed by atoms with Crippen LogP contribution in [0, 0.1) is 6.92 Å². The number of thioether (sulfide) groups is 1. The normalized spacial score (nSPS) is 16.0. The monoisotopic (exact) mass is 373 g/mol. The van der Waals surface area contributed by atoms with Crippen LogP contribution in [-0.4, -0.2) is 14.1 Å². The number of aryl methyl sites for hydroxylation is 1. The molecule has 25 heavy (non-hydrogen) atoms. The Morgan fingerprint density at radius 1 is 1.04 bits per heavy atom. The van der Waals surface area contributed by atoms with Crippen molar-refractivity contribution in [2.24, 2.45) is 4.99 Å². The number of nitrogens with zero attached hydrogens (tertiary/aromatic N) is 1. The first-order valence-corrected chi connectivity index (χ1v) is 10.0. The van der Waals surface area contributed by atoms with Gasteiger partial charge in [0.05, 0.1) is 21.2 Å². The van der Waals surface area contributed by atoms with Crippen molar-refractivity contribution in [2.45, 2.75) is 30.6 Å². The highest BCUT2D eigenvalue weighted by atomic mass is 32.2. The highest BCUT2D eigenvalue weighted by Gasteiger charge is 2.18. The zero-order valence-corrected chi connectivity index (χ0v) is 15.8. The highest BCUT2D eigenvalue weighted by molar-refractivity contribution is 8.04. The van der Waals surface area contributed by atoms with Gasteiger partial charge in [0.1, 0.15) is 0 Å². The summed E-state index contributed by atoms with van der Waals surface area (Å²) in [6.45, 7) is 5.65. The molecule has 1 aliphatic heterocycles. The van der Waals surface area contributed by atoms with Gasteiger partial charge in [-0.25, -0.2) is 8.42 Å². The topological polar surface area (TPSA) is 70.6 Å². The molecule has 0 atom stereocenters. The van der Waals surface area contributed by atoms with Gasteiger partial charge in [0.25, 0.3) is 10.0 Å². The predicted octanol–water partition coefficient (Wildman–Crippen LogP) is 3.91. The van der Waals surface area contributed by atoms with E-state index >= 15 is 0 Å². The number of rotatable bonds is 4.